The minimum atomic E-state index is -1.07. The van der Waals surface area contributed by atoms with Gasteiger partial charge in [0.15, 0.2) is 0 Å². The minimum absolute atomic E-state index is 0.0208. The first-order chi connectivity index (χ1) is 24.4. The standard InChI is InChI=1S/C43H51N3O5/c1-28-25-29(2)30(3)37(26-28)51-24-20-31-12-16-34(17-13-31)43-21-8-10-35(45-43)27-46(38(47)18-22-42(4,5)41(49)50)39(43)40(48)44-23-19-32-9-6-7-11-36(32)33-14-15-33/h6-7,9,11-13,16-17,25-26,33,35,39,45H,14-15,18-24,27H2,1-5H3,(H,44,48)(H,49,50)/t35-,39?,43+/m0/s1. The Labute approximate surface area is 302 Å². The van der Waals surface area contributed by atoms with Crippen molar-refractivity contribution in [1.82, 2.24) is 15.5 Å². The van der Waals surface area contributed by atoms with Gasteiger partial charge < -0.3 is 20.1 Å². The normalized spacial score (nSPS) is 21.0. The molecule has 1 saturated heterocycles. The number of fused-ring (bicyclic) bond motifs is 2. The zero-order valence-electron chi connectivity index (χ0n) is 30.6. The molecule has 8 nitrogen and oxygen atoms in total. The number of hydrogen-bond donors (Lipinski definition) is 3. The first-order valence-electron chi connectivity index (χ1n) is 18.3. The number of nitrogens with zero attached hydrogens (tertiary/aromatic N) is 1. The zero-order valence-corrected chi connectivity index (χ0v) is 30.6. The van der Waals surface area contributed by atoms with Gasteiger partial charge in [0.25, 0.3) is 0 Å². The lowest BCUT2D eigenvalue weighted by atomic mass is 9.74. The van der Waals surface area contributed by atoms with Gasteiger partial charge in [-0.25, -0.2) is 0 Å². The van der Waals surface area contributed by atoms with Gasteiger partial charge in [-0.1, -0.05) is 66.4 Å². The largest absolute Gasteiger partial charge is 0.493 e. The van der Waals surface area contributed by atoms with Crippen LogP contribution < -0.4 is 15.4 Å². The van der Waals surface area contributed by atoms with Crippen molar-refractivity contribution in [2.24, 2.45) is 5.41 Å². The van der Waals surface area contributed by atoms with Gasteiger partial charge in [-0.3, -0.25) is 19.7 Å². The molecule has 2 fully saturated rings. The van der Waals surface area contributed by atoms with Crippen molar-refractivity contribution in [2.45, 2.75) is 103 Å². The number of benzene rings is 3. The van der Waals surface area contributed by atoms with E-state index < -0.39 is 23.0 Å². The molecule has 3 aliphatic rings. The summed E-state index contributed by atoms with van der Waals surface area (Å²) in [6, 6.07) is 19.7. The molecule has 0 radical (unpaired) electrons. The molecule has 6 rings (SSSR count). The second-order valence-corrected chi connectivity index (χ2v) is 15.3. The van der Waals surface area contributed by atoms with E-state index in [9.17, 15) is 19.5 Å². The van der Waals surface area contributed by atoms with E-state index in [0.29, 0.717) is 38.3 Å². The summed E-state index contributed by atoms with van der Waals surface area (Å²) < 4.78 is 6.19. The van der Waals surface area contributed by atoms with Crippen LogP contribution >= 0.6 is 0 Å². The van der Waals surface area contributed by atoms with E-state index in [-0.39, 0.29) is 37.2 Å². The average molecular weight is 690 g/mol. The molecule has 1 aliphatic carbocycles. The molecule has 1 unspecified atom stereocenters. The summed E-state index contributed by atoms with van der Waals surface area (Å²) in [6.45, 7) is 10.7. The highest BCUT2D eigenvalue weighted by Gasteiger charge is 2.54. The molecule has 2 heterocycles. The number of hydrogen-bond acceptors (Lipinski definition) is 5. The van der Waals surface area contributed by atoms with E-state index in [1.807, 2.05) is 18.2 Å². The maximum Gasteiger partial charge on any atom is 0.309 e. The molecule has 2 bridgehead atoms. The van der Waals surface area contributed by atoms with E-state index in [4.69, 9.17) is 4.74 Å². The summed E-state index contributed by atoms with van der Waals surface area (Å²) in [6.07, 6.45) is 4.36. The van der Waals surface area contributed by atoms with Crippen molar-refractivity contribution < 1.29 is 24.2 Å². The van der Waals surface area contributed by atoms with E-state index in [0.717, 1.165) is 22.4 Å². The summed E-state index contributed by atoms with van der Waals surface area (Å²) in [7, 11) is 0. The molecular weight excluding hydrogens is 638 g/mol. The molecule has 3 atom stereocenters. The van der Waals surface area contributed by atoms with Gasteiger partial charge in [-0.05, 0) is 111 Å². The first kappa shape index (κ1) is 36.2. The number of rotatable bonds is 14. The second kappa shape index (κ2) is 14.9. The number of aryl methyl sites for hydroxylation is 2. The summed E-state index contributed by atoms with van der Waals surface area (Å²) in [5.74, 6) is 6.63. The Morgan fingerprint density at radius 2 is 1.78 bits per heavy atom. The first-order valence-corrected chi connectivity index (χ1v) is 18.3. The third-order valence-corrected chi connectivity index (χ3v) is 11.0. The van der Waals surface area contributed by atoms with Crippen molar-refractivity contribution in [1.29, 1.82) is 0 Å². The Hall–Kier alpha value is -4.61. The smallest absolute Gasteiger partial charge is 0.309 e. The Balaban J connectivity index is 1.23. The van der Waals surface area contributed by atoms with Crippen LogP contribution in [0.5, 0.6) is 5.75 Å². The van der Waals surface area contributed by atoms with E-state index >= 15 is 0 Å². The number of carbonyl (C=O) groups excluding carboxylic acids is 2. The lowest BCUT2D eigenvalue weighted by Gasteiger charge is -2.52. The third kappa shape index (κ3) is 7.99. The van der Waals surface area contributed by atoms with Gasteiger partial charge >= 0.3 is 5.97 Å². The molecule has 8 heteroatoms. The second-order valence-electron chi connectivity index (χ2n) is 15.3. The number of carbonyl (C=O) groups is 3. The number of carboxylic acid groups (broad SMARTS) is 1. The number of piperazine rings is 1. The maximum atomic E-state index is 14.4. The number of nitrogens with one attached hydrogen (secondary N) is 2. The molecule has 0 aromatic heterocycles. The average Bonchev–Trinajstić information content (AvgIpc) is 3.95. The molecule has 268 valence electrons. The SMILES string of the molecule is Cc1cc(C)c(C)c(OCCc2ccc([C@]34CC#C[C@@H](CN(C(=O)CCC(C)(C)C(=O)O)C3C(=O)NCCc3ccccc3C3CC3)N4)cc2)c1. The number of amides is 2. The Bertz CT molecular complexity index is 1850. The molecule has 1 saturated carbocycles. The van der Waals surface area contributed by atoms with Crippen LogP contribution in [0.4, 0.5) is 0 Å². The highest BCUT2D eigenvalue weighted by atomic mass is 16.5. The monoisotopic (exact) mass is 689 g/mol. The van der Waals surface area contributed by atoms with Crippen LogP contribution in [0.1, 0.15) is 90.8 Å². The zero-order chi connectivity index (χ0) is 36.3. The quantitative estimate of drug-likeness (QED) is 0.176. The van der Waals surface area contributed by atoms with Crippen molar-refractivity contribution in [3.05, 3.63) is 99.6 Å². The molecule has 3 aromatic rings. The van der Waals surface area contributed by atoms with Crippen LogP contribution in [0.15, 0.2) is 60.7 Å². The summed E-state index contributed by atoms with van der Waals surface area (Å²) in [4.78, 5) is 42.0. The summed E-state index contributed by atoms with van der Waals surface area (Å²) >= 11 is 0. The molecule has 0 spiro atoms. The minimum Gasteiger partial charge on any atom is -0.493 e. The summed E-state index contributed by atoms with van der Waals surface area (Å²) in [5, 5.41) is 16.6. The van der Waals surface area contributed by atoms with Crippen LogP contribution in [0.25, 0.3) is 0 Å². The van der Waals surface area contributed by atoms with Gasteiger partial charge in [-0.15, -0.1) is 0 Å². The van der Waals surface area contributed by atoms with Crippen molar-refractivity contribution in [3.63, 3.8) is 0 Å². The van der Waals surface area contributed by atoms with Crippen molar-refractivity contribution in [2.75, 3.05) is 19.7 Å². The molecular formula is C43H51N3O5. The fraction of sp³-hybridized carbons (Fsp3) is 0.465. The van der Waals surface area contributed by atoms with E-state index in [1.54, 1.807) is 18.7 Å². The lowest BCUT2D eigenvalue weighted by Crippen LogP contribution is -2.73. The number of aliphatic carboxylic acids is 1. The van der Waals surface area contributed by atoms with Gasteiger partial charge in [0.05, 0.1) is 23.6 Å². The maximum absolute atomic E-state index is 14.4. The third-order valence-electron chi connectivity index (χ3n) is 11.0. The molecule has 2 amide bonds. The predicted octanol–water partition coefficient (Wildman–Crippen LogP) is 6.13. The van der Waals surface area contributed by atoms with Crippen LogP contribution in [0.3, 0.4) is 0 Å². The van der Waals surface area contributed by atoms with E-state index in [2.05, 4.69) is 85.7 Å². The Kier molecular flexibility index (Phi) is 10.6. The van der Waals surface area contributed by atoms with E-state index in [1.165, 1.54) is 35.1 Å². The fourth-order valence-electron chi connectivity index (χ4n) is 7.54. The topological polar surface area (TPSA) is 108 Å². The number of carboxylic acids is 1. The van der Waals surface area contributed by atoms with Crippen LogP contribution in [-0.2, 0) is 32.8 Å². The van der Waals surface area contributed by atoms with Crippen molar-refractivity contribution >= 4 is 17.8 Å². The highest BCUT2D eigenvalue weighted by Crippen LogP contribution is 2.42. The molecule has 51 heavy (non-hydrogen) atoms. The summed E-state index contributed by atoms with van der Waals surface area (Å²) in [5.41, 5.74) is 6.12. The fourth-order valence-corrected chi connectivity index (χ4v) is 7.54. The molecule has 2 aliphatic heterocycles. The van der Waals surface area contributed by atoms with Crippen LogP contribution in [0, 0.1) is 38.0 Å². The lowest BCUT2D eigenvalue weighted by molar-refractivity contribution is -0.151. The van der Waals surface area contributed by atoms with Gasteiger partial charge in [-0.2, -0.15) is 0 Å². The van der Waals surface area contributed by atoms with Crippen LogP contribution in [0.2, 0.25) is 0 Å². The van der Waals surface area contributed by atoms with Gasteiger partial charge in [0, 0.05) is 32.4 Å². The highest BCUT2D eigenvalue weighted by molar-refractivity contribution is 5.90. The van der Waals surface area contributed by atoms with Crippen LogP contribution in [-0.4, -0.2) is 59.6 Å². The Morgan fingerprint density at radius 1 is 1.04 bits per heavy atom. The molecule has 3 aromatic carbocycles. The van der Waals surface area contributed by atoms with Crippen molar-refractivity contribution in [3.8, 4) is 17.6 Å². The predicted molar refractivity (Wildman–Crippen MR) is 199 cm³/mol. The Morgan fingerprint density at radius 3 is 2.51 bits per heavy atom. The van der Waals surface area contributed by atoms with Gasteiger partial charge in [0.1, 0.15) is 11.8 Å². The molecule has 3 N–H and O–H groups in total. The van der Waals surface area contributed by atoms with Gasteiger partial charge in [0.2, 0.25) is 11.8 Å². The number of ether oxygens (including phenoxy) is 1.